The molecule has 0 radical (unpaired) electrons. The monoisotopic (exact) mass is 445 g/mol. The Labute approximate surface area is 175 Å². The molecule has 1 saturated heterocycles. The Kier molecular flexibility index (Phi) is 6.81. The second-order valence-electron chi connectivity index (χ2n) is 6.78. The van der Waals surface area contributed by atoms with Gasteiger partial charge in [0.05, 0.1) is 12.7 Å². The molecule has 1 aliphatic heterocycles. The number of benzene rings is 1. The van der Waals surface area contributed by atoms with Gasteiger partial charge in [0, 0.05) is 37.9 Å². The number of hydrogen-bond donors (Lipinski definition) is 0. The molecule has 1 aromatic carbocycles. The second-order valence-corrected chi connectivity index (χ2v) is 6.78. The fourth-order valence-electron chi connectivity index (χ4n) is 3.27. The second kappa shape index (κ2) is 9.36. The summed E-state index contributed by atoms with van der Waals surface area (Å²) in [7, 11) is 1.28. The van der Waals surface area contributed by atoms with Crippen LogP contribution in [0.4, 0.5) is 27.8 Å². The van der Waals surface area contributed by atoms with E-state index in [0.717, 1.165) is 12.3 Å². The third kappa shape index (κ3) is 5.53. The number of pyridine rings is 1. The average molecular weight is 445 g/mol. The summed E-state index contributed by atoms with van der Waals surface area (Å²) in [5.74, 6) is -0.0809. The molecule has 6 nitrogen and oxygen atoms in total. The highest BCUT2D eigenvalue weighted by molar-refractivity contribution is 5.95. The summed E-state index contributed by atoms with van der Waals surface area (Å²) in [5, 5.41) is 0. The zero-order valence-electron chi connectivity index (χ0n) is 16.5. The number of carbonyl (C=O) groups is 1. The summed E-state index contributed by atoms with van der Waals surface area (Å²) in [6.45, 7) is -1.38. The Morgan fingerprint density at radius 3 is 2.45 bits per heavy atom. The Hall–Kier alpha value is -3.11. The number of aromatic nitrogens is 1. The number of rotatable bonds is 5. The van der Waals surface area contributed by atoms with E-state index < -0.39 is 18.4 Å². The van der Waals surface area contributed by atoms with E-state index in [1.807, 2.05) is 4.90 Å². The molecule has 11 heteroatoms. The minimum absolute atomic E-state index is 0.0107. The fourth-order valence-corrected chi connectivity index (χ4v) is 3.27. The van der Waals surface area contributed by atoms with E-state index in [2.05, 4.69) is 9.72 Å². The summed E-state index contributed by atoms with van der Waals surface area (Å²) in [5.41, 5.74) is -0.573. The highest BCUT2D eigenvalue weighted by Crippen LogP contribution is 2.31. The van der Waals surface area contributed by atoms with Crippen molar-refractivity contribution in [1.82, 2.24) is 9.88 Å². The van der Waals surface area contributed by atoms with Crippen molar-refractivity contribution in [3.63, 3.8) is 0 Å². The third-order valence-electron chi connectivity index (χ3n) is 4.81. The Bertz CT molecular complexity index is 906. The van der Waals surface area contributed by atoms with E-state index in [0.29, 0.717) is 38.4 Å². The van der Waals surface area contributed by atoms with Crippen molar-refractivity contribution >= 4 is 11.7 Å². The first kappa shape index (κ1) is 22.6. The van der Waals surface area contributed by atoms with Crippen LogP contribution in [0.2, 0.25) is 0 Å². The Morgan fingerprint density at radius 1 is 1.06 bits per heavy atom. The molecule has 168 valence electrons. The first-order valence-corrected chi connectivity index (χ1v) is 9.39. The molecule has 1 aromatic heterocycles. The molecular weight excluding hydrogens is 425 g/mol. The van der Waals surface area contributed by atoms with E-state index in [-0.39, 0.29) is 23.0 Å². The highest BCUT2D eigenvalue weighted by atomic mass is 19.4. The maximum absolute atomic E-state index is 12.9. The molecule has 0 atom stereocenters. The van der Waals surface area contributed by atoms with Crippen LogP contribution in [0.25, 0.3) is 0 Å². The summed E-state index contributed by atoms with van der Waals surface area (Å²) in [6.07, 6.45) is -3.08. The van der Waals surface area contributed by atoms with Crippen molar-refractivity contribution in [3.8, 4) is 11.5 Å². The predicted octanol–water partition coefficient (Wildman–Crippen LogP) is 4.06. The minimum Gasteiger partial charge on any atom is -0.493 e. The van der Waals surface area contributed by atoms with Gasteiger partial charge in [-0.05, 0) is 36.8 Å². The molecule has 1 fully saturated rings. The van der Waals surface area contributed by atoms with E-state index in [1.54, 1.807) is 4.90 Å². The molecule has 2 aromatic rings. The van der Waals surface area contributed by atoms with Crippen LogP contribution in [0.3, 0.4) is 0 Å². The smallest absolute Gasteiger partial charge is 0.417 e. The molecule has 0 aliphatic carbocycles. The van der Waals surface area contributed by atoms with Gasteiger partial charge >= 0.3 is 12.8 Å². The zero-order chi connectivity index (χ0) is 22.6. The largest absolute Gasteiger partial charge is 0.493 e. The predicted molar refractivity (Wildman–Crippen MR) is 102 cm³/mol. The topological polar surface area (TPSA) is 54.9 Å². The van der Waals surface area contributed by atoms with E-state index in [4.69, 9.17) is 4.74 Å². The number of halogens is 5. The van der Waals surface area contributed by atoms with Crippen LogP contribution in [0.5, 0.6) is 11.5 Å². The lowest BCUT2D eigenvalue weighted by Gasteiger charge is -2.23. The Balaban J connectivity index is 1.68. The van der Waals surface area contributed by atoms with Crippen molar-refractivity contribution in [2.45, 2.75) is 19.2 Å². The van der Waals surface area contributed by atoms with Crippen molar-refractivity contribution < 1.29 is 36.2 Å². The molecule has 1 amide bonds. The van der Waals surface area contributed by atoms with E-state index in [1.165, 1.54) is 31.4 Å². The van der Waals surface area contributed by atoms with Crippen LogP contribution in [0, 0.1) is 0 Å². The van der Waals surface area contributed by atoms with Crippen LogP contribution >= 0.6 is 0 Å². The quantitative estimate of drug-likeness (QED) is 0.650. The number of ether oxygens (including phenoxy) is 2. The van der Waals surface area contributed by atoms with Gasteiger partial charge in [0.1, 0.15) is 5.82 Å². The lowest BCUT2D eigenvalue weighted by Crippen LogP contribution is -2.35. The van der Waals surface area contributed by atoms with Crippen molar-refractivity contribution in [2.75, 3.05) is 38.2 Å². The van der Waals surface area contributed by atoms with Gasteiger partial charge in [-0.2, -0.15) is 22.0 Å². The average Bonchev–Trinajstić information content (AvgIpc) is 2.99. The van der Waals surface area contributed by atoms with Gasteiger partial charge in [-0.3, -0.25) is 4.79 Å². The van der Waals surface area contributed by atoms with E-state index in [9.17, 15) is 26.7 Å². The highest BCUT2D eigenvalue weighted by Gasteiger charge is 2.31. The molecule has 0 bridgehead atoms. The van der Waals surface area contributed by atoms with Gasteiger partial charge in [0.25, 0.3) is 5.91 Å². The van der Waals surface area contributed by atoms with Gasteiger partial charge in [-0.15, -0.1) is 0 Å². The van der Waals surface area contributed by atoms with Crippen molar-refractivity contribution in [2.24, 2.45) is 0 Å². The van der Waals surface area contributed by atoms with Gasteiger partial charge in [-0.1, -0.05) is 0 Å². The van der Waals surface area contributed by atoms with Gasteiger partial charge in [-0.25, -0.2) is 4.98 Å². The minimum atomic E-state index is -4.45. The third-order valence-corrected chi connectivity index (χ3v) is 4.81. The maximum atomic E-state index is 12.9. The molecule has 0 saturated carbocycles. The first-order valence-electron chi connectivity index (χ1n) is 9.39. The number of amides is 1. The number of anilines is 1. The number of nitrogens with zero attached hydrogens (tertiary/aromatic N) is 3. The summed E-state index contributed by atoms with van der Waals surface area (Å²) in [6, 6.07) is 6.25. The van der Waals surface area contributed by atoms with Crippen molar-refractivity contribution in [3.05, 3.63) is 47.7 Å². The first-order chi connectivity index (χ1) is 14.7. The fraction of sp³-hybridized carbons (Fsp3) is 0.400. The number of alkyl halides is 5. The summed E-state index contributed by atoms with van der Waals surface area (Å²) < 4.78 is 72.5. The van der Waals surface area contributed by atoms with Crippen LogP contribution in [0.15, 0.2) is 36.5 Å². The van der Waals surface area contributed by atoms with Crippen molar-refractivity contribution in [1.29, 1.82) is 0 Å². The molecule has 3 rings (SSSR count). The van der Waals surface area contributed by atoms with E-state index >= 15 is 0 Å². The summed E-state index contributed by atoms with van der Waals surface area (Å²) in [4.78, 5) is 20.2. The normalized spacial score (nSPS) is 15.1. The maximum Gasteiger partial charge on any atom is 0.417 e. The lowest BCUT2D eigenvalue weighted by atomic mass is 10.1. The molecule has 0 spiro atoms. The molecule has 31 heavy (non-hydrogen) atoms. The summed E-state index contributed by atoms with van der Waals surface area (Å²) >= 11 is 0. The van der Waals surface area contributed by atoms with Gasteiger partial charge < -0.3 is 19.3 Å². The van der Waals surface area contributed by atoms with Crippen LogP contribution in [0.1, 0.15) is 22.3 Å². The van der Waals surface area contributed by atoms with Gasteiger partial charge in [0.2, 0.25) is 0 Å². The molecule has 2 heterocycles. The molecule has 1 aliphatic rings. The number of methoxy groups -OCH3 is 1. The van der Waals surface area contributed by atoms with Crippen LogP contribution in [-0.4, -0.2) is 55.7 Å². The van der Waals surface area contributed by atoms with Crippen LogP contribution < -0.4 is 14.4 Å². The molecular formula is C20H20F5N3O3. The van der Waals surface area contributed by atoms with Crippen LogP contribution in [-0.2, 0) is 6.18 Å². The van der Waals surface area contributed by atoms with Gasteiger partial charge in [0.15, 0.2) is 11.5 Å². The molecule has 0 unspecified atom stereocenters. The standard InChI is InChI=1S/C20H20F5N3O3/c1-30-16-11-13(3-5-15(16)31-19(21)22)18(29)28-8-2-7-27(9-10-28)17-6-4-14(12-26-17)20(23,24)25/h3-6,11-12,19H,2,7-10H2,1H3. The SMILES string of the molecule is COc1cc(C(=O)N2CCCN(c3ccc(C(F)(F)F)cn3)CC2)ccc1OC(F)F. The Morgan fingerprint density at radius 2 is 1.84 bits per heavy atom. The lowest BCUT2D eigenvalue weighted by molar-refractivity contribution is -0.137. The number of carbonyl (C=O) groups excluding carboxylic acids is 1. The molecule has 0 N–H and O–H groups in total. The number of hydrogen-bond acceptors (Lipinski definition) is 5. The zero-order valence-corrected chi connectivity index (χ0v) is 16.5.